The molecule has 6 heteroatoms. The first-order valence-electron chi connectivity index (χ1n) is 8.52. The highest BCUT2D eigenvalue weighted by Gasteiger charge is 2.22. The van der Waals surface area contributed by atoms with Crippen LogP contribution in [0.15, 0.2) is 23.2 Å². The number of aliphatic imine (C=N–C) groups is 1. The quantitative estimate of drug-likeness (QED) is 0.408. The van der Waals surface area contributed by atoms with Crippen LogP contribution in [0.2, 0.25) is 0 Å². The van der Waals surface area contributed by atoms with Gasteiger partial charge >= 0.3 is 0 Å². The Morgan fingerprint density at radius 3 is 2.79 bits per heavy atom. The molecule has 0 aliphatic heterocycles. The number of carbonyl (C=O) groups excluding carboxylic acids is 1. The maximum atomic E-state index is 13.7. The van der Waals surface area contributed by atoms with Gasteiger partial charge in [0.2, 0.25) is 5.91 Å². The van der Waals surface area contributed by atoms with E-state index in [1.807, 2.05) is 13.0 Å². The van der Waals surface area contributed by atoms with Crippen molar-refractivity contribution in [3.05, 3.63) is 35.1 Å². The van der Waals surface area contributed by atoms with Crippen LogP contribution in [0.25, 0.3) is 0 Å². The smallest absolute Gasteiger partial charge is 0.220 e. The highest BCUT2D eigenvalue weighted by molar-refractivity contribution is 5.80. The van der Waals surface area contributed by atoms with E-state index in [0.717, 1.165) is 24.8 Å². The molecule has 3 N–H and O–H groups in total. The van der Waals surface area contributed by atoms with Crippen molar-refractivity contribution in [2.45, 2.75) is 51.6 Å². The molecule has 1 saturated carbocycles. The van der Waals surface area contributed by atoms with Crippen LogP contribution in [-0.2, 0) is 4.79 Å². The average Bonchev–Trinajstić information content (AvgIpc) is 3.36. The number of nitrogens with zero attached hydrogens (tertiary/aromatic N) is 1. The summed E-state index contributed by atoms with van der Waals surface area (Å²) in [5.74, 6) is 0.558. The Hall–Kier alpha value is -2.11. The lowest BCUT2D eigenvalue weighted by atomic mass is 10.1. The zero-order chi connectivity index (χ0) is 17.5. The molecule has 0 heterocycles. The van der Waals surface area contributed by atoms with Crippen molar-refractivity contribution in [1.29, 1.82) is 0 Å². The van der Waals surface area contributed by atoms with E-state index in [1.165, 1.54) is 0 Å². The Balaban J connectivity index is 1.72. The van der Waals surface area contributed by atoms with Gasteiger partial charge in [0.05, 0.1) is 6.04 Å². The normalized spacial score (nSPS) is 15.8. The maximum absolute atomic E-state index is 13.7. The highest BCUT2D eigenvalue weighted by atomic mass is 19.1. The predicted octanol–water partition coefficient (Wildman–Crippen LogP) is 2.42. The Morgan fingerprint density at radius 1 is 1.42 bits per heavy atom. The third kappa shape index (κ3) is 5.83. The van der Waals surface area contributed by atoms with Crippen LogP contribution in [0.1, 0.15) is 49.8 Å². The van der Waals surface area contributed by atoms with Gasteiger partial charge in [-0.1, -0.05) is 12.1 Å². The molecule has 5 nitrogen and oxygen atoms in total. The molecule has 132 valence electrons. The van der Waals surface area contributed by atoms with Gasteiger partial charge in [0.15, 0.2) is 5.96 Å². The SMILES string of the molecule is CN=C(NCCCC(=O)NC1CC1)NC(C)c1ccc(C)c(F)c1. The van der Waals surface area contributed by atoms with Crippen LogP contribution < -0.4 is 16.0 Å². The molecule has 1 aromatic rings. The van der Waals surface area contributed by atoms with E-state index in [1.54, 1.807) is 26.1 Å². The summed E-state index contributed by atoms with van der Waals surface area (Å²) < 4.78 is 13.7. The van der Waals surface area contributed by atoms with Crippen molar-refractivity contribution < 1.29 is 9.18 Å². The Morgan fingerprint density at radius 2 is 2.17 bits per heavy atom. The predicted molar refractivity (Wildman–Crippen MR) is 94.4 cm³/mol. The summed E-state index contributed by atoms with van der Waals surface area (Å²) in [7, 11) is 1.69. The number of amides is 1. The third-order valence-electron chi connectivity index (χ3n) is 4.09. The summed E-state index contributed by atoms with van der Waals surface area (Å²) in [5.41, 5.74) is 1.50. The van der Waals surface area contributed by atoms with Crippen molar-refractivity contribution in [3.8, 4) is 0 Å². The van der Waals surface area contributed by atoms with Gasteiger partial charge in [-0.3, -0.25) is 9.79 Å². The van der Waals surface area contributed by atoms with Crippen molar-refractivity contribution >= 4 is 11.9 Å². The van der Waals surface area contributed by atoms with Crippen LogP contribution in [0.4, 0.5) is 4.39 Å². The van der Waals surface area contributed by atoms with E-state index in [4.69, 9.17) is 0 Å². The molecule has 1 atom stereocenters. The largest absolute Gasteiger partial charge is 0.356 e. The zero-order valence-corrected chi connectivity index (χ0v) is 14.7. The van der Waals surface area contributed by atoms with Crippen LogP contribution in [0.3, 0.4) is 0 Å². The Kier molecular flexibility index (Phi) is 6.58. The lowest BCUT2D eigenvalue weighted by molar-refractivity contribution is -0.121. The van der Waals surface area contributed by atoms with E-state index < -0.39 is 0 Å². The first kappa shape index (κ1) is 18.2. The molecular weight excluding hydrogens is 307 g/mol. The van der Waals surface area contributed by atoms with Crippen LogP contribution in [0, 0.1) is 12.7 Å². The molecule has 0 spiro atoms. The summed E-state index contributed by atoms with van der Waals surface area (Å²) in [5, 5.41) is 9.39. The van der Waals surface area contributed by atoms with Gasteiger partial charge in [-0.25, -0.2) is 4.39 Å². The Labute approximate surface area is 143 Å². The third-order valence-corrected chi connectivity index (χ3v) is 4.09. The molecule has 0 bridgehead atoms. The number of aryl methyl sites for hydroxylation is 1. The van der Waals surface area contributed by atoms with E-state index >= 15 is 0 Å². The summed E-state index contributed by atoms with van der Waals surface area (Å²) in [6.45, 7) is 4.36. The second-order valence-corrected chi connectivity index (χ2v) is 6.32. The number of nitrogens with one attached hydrogen (secondary N) is 3. The topological polar surface area (TPSA) is 65.5 Å². The molecule has 1 unspecified atom stereocenters. The minimum atomic E-state index is -0.203. The monoisotopic (exact) mass is 334 g/mol. The van der Waals surface area contributed by atoms with Gasteiger partial charge in [0, 0.05) is 26.1 Å². The molecular formula is C18H27FN4O. The highest BCUT2D eigenvalue weighted by Crippen LogP contribution is 2.18. The van der Waals surface area contributed by atoms with Crippen LogP contribution in [0.5, 0.6) is 0 Å². The molecule has 24 heavy (non-hydrogen) atoms. The van der Waals surface area contributed by atoms with Crippen molar-refractivity contribution in [3.63, 3.8) is 0 Å². The van der Waals surface area contributed by atoms with E-state index in [0.29, 0.717) is 30.5 Å². The van der Waals surface area contributed by atoms with E-state index in [2.05, 4.69) is 20.9 Å². The molecule has 0 saturated heterocycles. The van der Waals surface area contributed by atoms with Gasteiger partial charge in [-0.2, -0.15) is 0 Å². The number of guanidine groups is 1. The lowest BCUT2D eigenvalue weighted by Gasteiger charge is -2.18. The number of hydrogen-bond donors (Lipinski definition) is 3. The van der Waals surface area contributed by atoms with Crippen molar-refractivity contribution in [1.82, 2.24) is 16.0 Å². The molecule has 1 aliphatic rings. The van der Waals surface area contributed by atoms with Crippen molar-refractivity contribution in [2.75, 3.05) is 13.6 Å². The second-order valence-electron chi connectivity index (χ2n) is 6.32. The lowest BCUT2D eigenvalue weighted by Crippen LogP contribution is -2.39. The molecule has 1 amide bonds. The summed E-state index contributed by atoms with van der Waals surface area (Å²) in [6.07, 6.45) is 3.47. The summed E-state index contributed by atoms with van der Waals surface area (Å²) >= 11 is 0. The first-order valence-corrected chi connectivity index (χ1v) is 8.52. The fourth-order valence-corrected chi connectivity index (χ4v) is 2.34. The van der Waals surface area contributed by atoms with Crippen LogP contribution >= 0.6 is 0 Å². The van der Waals surface area contributed by atoms with Gasteiger partial charge in [-0.15, -0.1) is 0 Å². The molecule has 0 aromatic heterocycles. The van der Waals surface area contributed by atoms with Gasteiger partial charge in [0.25, 0.3) is 0 Å². The van der Waals surface area contributed by atoms with Gasteiger partial charge in [0.1, 0.15) is 5.82 Å². The zero-order valence-electron chi connectivity index (χ0n) is 14.7. The second kappa shape index (κ2) is 8.66. The summed E-state index contributed by atoms with van der Waals surface area (Å²) in [6, 6.07) is 5.58. The minimum absolute atomic E-state index is 0.0653. The van der Waals surface area contributed by atoms with E-state index in [-0.39, 0.29) is 17.8 Å². The van der Waals surface area contributed by atoms with Gasteiger partial charge in [-0.05, 0) is 50.3 Å². The number of rotatable bonds is 7. The number of benzene rings is 1. The fourth-order valence-electron chi connectivity index (χ4n) is 2.34. The molecule has 1 aliphatic carbocycles. The maximum Gasteiger partial charge on any atom is 0.220 e. The van der Waals surface area contributed by atoms with E-state index in [9.17, 15) is 9.18 Å². The standard InChI is InChI=1S/C18H27FN4O/c1-12-6-7-14(11-16(12)19)13(2)22-18(20-3)21-10-4-5-17(24)23-15-8-9-15/h6-7,11,13,15H,4-5,8-10H2,1-3H3,(H,23,24)(H2,20,21,22). The number of carbonyl (C=O) groups is 1. The summed E-state index contributed by atoms with van der Waals surface area (Å²) in [4.78, 5) is 15.8. The van der Waals surface area contributed by atoms with Gasteiger partial charge < -0.3 is 16.0 Å². The first-order chi connectivity index (χ1) is 11.5. The average molecular weight is 334 g/mol. The Bertz CT molecular complexity index is 599. The number of hydrogen-bond acceptors (Lipinski definition) is 2. The molecule has 1 aromatic carbocycles. The van der Waals surface area contributed by atoms with Crippen molar-refractivity contribution in [2.24, 2.45) is 4.99 Å². The minimum Gasteiger partial charge on any atom is -0.356 e. The molecule has 0 radical (unpaired) electrons. The molecule has 1 fully saturated rings. The molecule has 2 rings (SSSR count). The fraction of sp³-hybridized carbons (Fsp3) is 0.556. The number of halogens is 1. The van der Waals surface area contributed by atoms with Crippen LogP contribution in [-0.4, -0.2) is 31.5 Å².